The predicted molar refractivity (Wildman–Crippen MR) is 92.3 cm³/mol. The number of hydrogen-bond acceptors (Lipinski definition) is 1. The van der Waals surface area contributed by atoms with E-state index in [1.165, 1.54) is 58.5 Å². The van der Waals surface area contributed by atoms with Gasteiger partial charge in [0, 0.05) is 25.2 Å². The highest BCUT2D eigenvalue weighted by molar-refractivity contribution is 5.68. The number of anilines is 1. The van der Waals surface area contributed by atoms with Crippen LogP contribution >= 0.6 is 0 Å². The lowest BCUT2D eigenvalue weighted by Gasteiger charge is -2.33. The first-order valence-corrected chi connectivity index (χ1v) is 8.11. The third-order valence-electron chi connectivity index (χ3n) is 5.61. The fraction of sp³-hybridized carbons (Fsp3) is 0.500. The molecular weight excluding hydrogens is 254 g/mol. The maximum absolute atomic E-state index is 2.47. The van der Waals surface area contributed by atoms with E-state index in [2.05, 4.69) is 58.7 Å². The minimum absolute atomic E-state index is 0.485. The smallest absolute Gasteiger partial charge is 0.0438 e. The van der Waals surface area contributed by atoms with Crippen LogP contribution in [0.1, 0.15) is 56.7 Å². The number of fused-ring (bicyclic) bond motifs is 1. The third kappa shape index (κ3) is 2.14. The van der Waals surface area contributed by atoms with Crippen molar-refractivity contribution >= 4 is 5.69 Å². The van der Waals surface area contributed by atoms with Crippen LogP contribution in [0.4, 0.5) is 5.69 Å². The molecule has 21 heavy (non-hydrogen) atoms. The fourth-order valence-corrected chi connectivity index (χ4v) is 4.19. The highest BCUT2D eigenvalue weighted by Gasteiger charge is 2.30. The summed E-state index contributed by atoms with van der Waals surface area (Å²) >= 11 is 0. The van der Waals surface area contributed by atoms with Crippen molar-refractivity contribution in [3.63, 3.8) is 0 Å². The molecule has 0 saturated heterocycles. The fourth-order valence-electron chi connectivity index (χ4n) is 4.19. The Morgan fingerprint density at radius 3 is 2.19 bits per heavy atom. The molecule has 0 saturated carbocycles. The molecule has 2 aliphatic rings. The second-order valence-electron chi connectivity index (χ2n) is 6.94. The largest absolute Gasteiger partial charge is 0.374 e. The van der Waals surface area contributed by atoms with Gasteiger partial charge in [0.05, 0.1) is 0 Å². The first-order chi connectivity index (χ1) is 9.91. The van der Waals surface area contributed by atoms with Gasteiger partial charge in [0.2, 0.25) is 0 Å². The Balaban J connectivity index is 2.23. The van der Waals surface area contributed by atoms with Gasteiger partial charge in [-0.05, 0) is 69.7 Å². The lowest BCUT2D eigenvalue weighted by Crippen LogP contribution is -2.27. The summed E-state index contributed by atoms with van der Waals surface area (Å²) in [7, 11) is 2.25. The molecule has 1 aromatic carbocycles. The summed E-state index contributed by atoms with van der Waals surface area (Å²) in [4.78, 5) is 2.47. The molecule has 1 aromatic rings. The zero-order valence-corrected chi connectivity index (χ0v) is 14.3. The van der Waals surface area contributed by atoms with Gasteiger partial charge in [-0.15, -0.1) is 0 Å². The Hall–Kier alpha value is -1.50. The molecule has 0 bridgehead atoms. The number of nitrogens with zero attached hydrogens (tertiary/aromatic N) is 1. The molecule has 1 aliphatic carbocycles. The van der Waals surface area contributed by atoms with Crippen LogP contribution in [0.25, 0.3) is 0 Å². The Kier molecular flexibility index (Phi) is 3.47. The molecule has 0 aromatic heterocycles. The zero-order chi connectivity index (χ0) is 15.3. The van der Waals surface area contributed by atoms with Crippen LogP contribution in [0, 0.1) is 6.92 Å². The number of aryl methyl sites for hydroxylation is 2. The average Bonchev–Trinajstić information content (AvgIpc) is 2.62. The molecule has 1 heterocycles. The monoisotopic (exact) mass is 281 g/mol. The predicted octanol–water partition coefficient (Wildman–Crippen LogP) is 5.15. The van der Waals surface area contributed by atoms with E-state index in [1.807, 2.05) is 0 Å². The van der Waals surface area contributed by atoms with Crippen molar-refractivity contribution in [1.82, 2.24) is 0 Å². The molecule has 0 amide bonds. The van der Waals surface area contributed by atoms with Crippen LogP contribution in [-0.4, -0.2) is 13.6 Å². The van der Waals surface area contributed by atoms with Crippen molar-refractivity contribution in [2.45, 2.75) is 53.4 Å². The Labute approximate surface area is 129 Å². The molecule has 0 radical (unpaired) electrons. The van der Waals surface area contributed by atoms with Crippen molar-refractivity contribution in [2.24, 2.45) is 0 Å². The molecule has 1 aliphatic heterocycles. The molecular formula is C20H27N. The van der Waals surface area contributed by atoms with Crippen LogP contribution in [-0.2, 0) is 6.42 Å². The van der Waals surface area contributed by atoms with E-state index in [0.29, 0.717) is 5.92 Å². The van der Waals surface area contributed by atoms with E-state index >= 15 is 0 Å². The molecule has 3 rings (SSSR count). The third-order valence-corrected chi connectivity index (χ3v) is 5.61. The van der Waals surface area contributed by atoms with E-state index in [9.17, 15) is 0 Å². The molecule has 0 fully saturated rings. The summed E-state index contributed by atoms with van der Waals surface area (Å²) < 4.78 is 0. The van der Waals surface area contributed by atoms with Gasteiger partial charge in [-0.3, -0.25) is 0 Å². The number of rotatable bonds is 1. The normalized spacial score (nSPS) is 19.6. The summed E-state index contributed by atoms with van der Waals surface area (Å²) in [5.74, 6) is 0.485. The maximum atomic E-state index is 2.47. The Bertz CT molecular complexity index is 637. The van der Waals surface area contributed by atoms with Crippen LogP contribution in [0.15, 0.2) is 34.4 Å². The standard InChI is InChI=1S/C20H27N/c1-12-10-17-8-7-9-21(6)20(17)18(11-12)19-15(4)13(2)14(3)16(19)5/h10-11,19H,7-9H2,1-6H3. The quantitative estimate of drug-likeness (QED) is 0.688. The van der Waals surface area contributed by atoms with Gasteiger partial charge in [-0.2, -0.15) is 0 Å². The highest BCUT2D eigenvalue weighted by atomic mass is 15.1. The molecule has 112 valence electrons. The molecule has 0 atom stereocenters. The number of hydrogen-bond donors (Lipinski definition) is 0. The van der Waals surface area contributed by atoms with Crippen molar-refractivity contribution < 1.29 is 0 Å². The van der Waals surface area contributed by atoms with Crippen molar-refractivity contribution in [3.05, 3.63) is 51.1 Å². The summed E-state index contributed by atoms with van der Waals surface area (Å²) in [6.07, 6.45) is 2.50. The van der Waals surface area contributed by atoms with Gasteiger partial charge in [-0.1, -0.05) is 28.8 Å². The first-order valence-electron chi connectivity index (χ1n) is 8.11. The highest BCUT2D eigenvalue weighted by Crippen LogP contribution is 2.47. The van der Waals surface area contributed by atoms with Crippen LogP contribution in [0.3, 0.4) is 0 Å². The SMILES string of the molecule is CC1=C(C)C(c2cc(C)cc3c2N(C)CCC3)C(C)=C1C. The van der Waals surface area contributed by atoms with Gasteiger partial charge < -0.3 is 4.90 Å². The number of benzene rings is 1. The van der Waals surface area contributed by atoms with E-state index in [0.717, 1.165) is 0 Å². The minimum Gasteiger partial charge on any atom is -0.374 e. The van der Waals surface area contributed by atoms with Gasteiger partial charge >= 0.3 is 0 Å². The average molecular weight is 281 g/mol. The molecule has 1 heteroatoms. The Morgan fingerprint density at radius 2 is 1.57 bits per heavy atom. The van der Waals surface area contributed by atoms with Crippen LogP contribution in [0.2, 0.25) is 0 Å². The number of allylic oxidation sites excluding steroid dienone is 4. The Morgan fingerprint density at radius 1 is 0.952 bits per heavy atom. The van der Waals surface area contributed by atoms with Gasteiger partial charge in [0.15, 0.2) is 0 Å². The summed E-state index contributed by atoms with van der Waals surface area (Å²) in [5, 5.41) is 0. The van der Waals surface area contributed by atoms with Crippen molar-refractivity contribution in [3.8, 4) is 0 Å². The van der Waals surface area contributed by atoms with Crippen LogP contribution in [0.5, 0.6) is 0 Å². The second-order valence-corrected chi connectivity index (χ2v) is 6.94. The topological polar surface area (TPSA) is 3.24 Å². The van der Waals surface area contributed by atoms with Crippen molar-refractivity contribution in [2.75, 3.05) is 18.5 Å². The van der Waals surface area contributed by atoms with Gasteiger partial charge in [0.25, 0.3) is 0 Å². The summed E-state index contributed by atoms with van der Waals surface area (Å²) in [6, 6.07) is 4.81. The van der Waals surface area contributed by atoms with Crippen molar-refractivity contribution in [1.29, 1.82) is 0 Å². The molecule has 0 spiro atoms. The first kappa shape index (κ1) is 14.4. The molecule has 0 unspecified atom stereocenters. The van der Waals surface area contributed by atoms with E-state index in [-0.39, 0.29) is 0 Å². The lowest BCUT2D eigenvalue weighted by atomic mass is 9.83. The van der Waals surface area contributed by atoms with E-state index in [1.54, 1.807) is 5.56 Å². The van der Waals surface area contributed by atoms with Gasteiger partial charge in [-0.25, -0.2) is 0 Å². The molecule has 1 nitrogen and oxygen atoms in total. The second kappa shape index (κ2) is 5.05. The lowest BCUT2D eigenvalue weighted by molar-refractivity contribution is 0.733. The molecule has 0 N–H and O–H groups in total. The summed E-state index contributed by atoms with van der Waals surface area (Å²) in [6.45, 7) is 12.6. The van der Waals surface area contributed by atoms with Gasteiger partial charge in [0.1, 0.15) is 0 Å². The van der Waals surface area contributed by atoms with E-state index in [4.69, 9.17) is 0 Å². The maximum Gasteiger partial charge on any atom is 0.0438 e. The van der Waals surface area contributed by atoms with E-state index < -0.39 is 0 Å². The zero-order valence-electron chi connectivity index (χ0n) is 14.3. The minimum atomic E-state index is 0.485. The summed E-state index contributed by atoms with van der Waals surface area (Å²) in [5.41, 5.74) is 12.0. The van der Waals surface area contributed by atoms with Crippen LogP contribution < -0.4 is 4.90 Å².